The molecule has 1 saturated carbocycles. The van der Waals surface area contributed by atoms with Crippen LogP contribution >= 0.6 is 11.8 Å². The van der Waals surface area contributed by atoms with Crippen molar-refractivity contribution in [3.05, 3.63) is 54.1 Å². The highest BCUT2D eigenvalue weighted by Gasteiger charge is 2.29. The van der Waals surface area contributed by atoms with Gasteiger partial charge < -0.3 is 10.6 Å². The van der Waals surface area contributed by atoms with Gasteiger partial charge in [0, 0.05) is 27.4 Å². The van der Waals surface area contributed by atoms with Crippen molar-refractivity contribution in [3.8, 4) is 0 Å². The van der Waals surface area contributed by atoms with E-state index in [0.717, 1.165) is 23.4 Å². The monoisotopic (exact) mass is 354 g/mol. The average molecular weight is 354 g/mol. The summed E-state index contributed by atoms with van der Waals surface area (Å²) in [6.07, 6.45) is 1.96. The minimum Gasteiger partial charge on any atom is -0.326 e. The zero-order chi connectivity index (χ0) is 17.8. The third-order valence-electron chi connectivity index (χ3n) is 3.85. The minimum absolute atomic E-state index is 0.0800. The van der Waals surface area contributed by atoms with Gasteiger partial charge in [-0.25, -0.2) is 0 Å². The van der Waals surface area contributed by atoms with Crippen molar-refractivity contribution in [1.82, 2.24) is 0 Å². The first kappa shape index (κ1) is 17.5. The molecule has 0 aromatic heterocycles. The first-order valence-corrected chi connectivity index (χ1v) is 9.39. The number of nitrogens with one attached hydrogen (secondary N) is 2. The molecule has 1 aliphatic rings. The summed E-state index contributed by atoms with van der Waals surface area (Å²) < 4.78 is 0. The van der Waals surface area contributed by atoms with Gasteiger partial charge in [0.25, 0.3) is 5.91 Å². The molecule has 3 rings (SSSR count). The van der Waals surface area contributed by atoms with Crippen LogP contribution in [0.15, 0.2) is 53.4 Å². The lowest BCUT2D eigenvalue weighted by atomic mass is 10.2. The van der Waals surface area contributed by atoms with E-state index >= 15 is 0 Å². The van der Waals surface area contributed by atoms with E-state index in [-0.39, 0.29) is 17.7 Å². The lowest BCUT2D eigenvalue weighted by Gasteiger charge is -2.12. The first-order valence-electron chi connectivity index (χ1n) is 8.51. The summed E-state index contributed by atoms with van der Waals surface area (Å²) in [5, 5.41) is 6.22. The summed E-state index contributed by atoms with van der Waals surface area (Å²) in [6, 6.07) is 14.8. The third-order valence-corrected chi connectivity index (χ3v) is 4.93. The predicted molar refractivity (Wildman–Crippen MR) is 103 cm³/mol. The van der Waals surface area contributed by atoms with E-state index in [0.29, 0.717) is 16.5 Å². The number of anilines is 2. The predicted octanol–water partition coefficient (Wildman–Crippen LogP) is 4.79. The van der Waals surface area contributed by atoms with Gasteiger partial charge >= 0.3 is 0 Å². The maximum atomic E-state index is 12.6. The zero-order valence-electron chi connectivity index (χ0n) is 14.4. The molecule has 2 amide bonds. The summed E-state index contributed by atoms with van der Waals surface area (Å²) in [5.74, 6) is 0.129. The van der Waals surface area contributed by atoms with Crippen LogP contribution in [0.2, 0.25) is 0 Å². The molecule has 2 aromatic rings. The van der Waals surface area contributed by atoms with Gasteiger partial charge in [0.15, 0.2) is 0 Å². The summed E-state index contributed by atoms with van der Waals surface area (Å²) in [7, 11) is 0. The Hall–Kier alpha value is -2.27. The van der Waals surface area contributed by atoms with Crippen molar-refractivity contribution in [2.75, 3.05) is 10.6 Å². The molecule has 2 aromatic carbocycles. The van der Waals surface area contributed by atoms with Crippen LogP contribution in [-0.2, 0) is 4.79 Å². The first-order chi connectivity index (χ1) is 12.0. The fourth-order valence-electron chi connectivity index (χ4n) is 2.44. The van der Waals surface area contributed by atoms with Crippen molar-refractivity contribution in [2.45, 2.75) is 36.8 Å². The van der Waals surface area contributed by atoms with Crippen molar-refractivity contribution in [3.63, 3.8) is 0 Å². The molecule has 0 saturated heterocycles. The Morgan fingerprint density at radius 2 is 1.56 bits per heavy atom. The van der Waals surface area contributed by atoms with Crippen LogP contribution in [0.5, 0.6) is 0 Å². The largest absolute Gasteiger partial charge is 0.326 e. The van der Waals surface area contributed by atoms with E-state index in [1.54, 1.807) is 23.9 Å². The van der Waals surface area contributed by atoms with Crippen LogP contribution in [0.3, 0.4) is 0 Å². The van der Waals surface area contributed by atoms with Gasteiger partial charge in [0.1, 0.15) is 0 Å². The lowest BCUT2D eigenvalue weighted by Crippen LogP contribution is -2.14. The summed E-state index contributed by atoms with van der Waals surface area (Å²) in [4.78, 5) is 25.3. The average Bonchev–Trinajstić information content (AvgIpc) is 3.41. The molecule has 25 heavy (non-hydrogen) atoms. The Kier molecular flexibility index (Phi) is 5.43. The lowest BCUT2D eigenvalue weighted by molar-refractivity contribution is -0.117. The van der Waals surface area contributed by atoms with Gasteiger partial charge in [-0.1, -0.05) is 26.0 Å². The molecule has 0 heterocycles. The van der Waals surface area contributed by atoms with Crippen molar-refractivity contribution in [2.24, 2.45) is 5.92 Å². The molecule has 0 radical (unpaired) electrons. The van der Waals surface area contributed by atoms with Crippen LogP contribution in [0.25, 0.3) is 0 Å². The second-order valence-electron chi connectivity index (χ2n) is 6.46. The Morgan fingerprint density at radius 1 is 0.960 bits per heavy atom. The van der Waals surface area contributed by atoms with Gasteiger partial charge in [-0.05, 0) is 49.2 Å². The number of thioether (sulfide) groups is 1. The van der Waals surface area contributed by atoms with Crippen LogP contribution in [0.1, 0.15) is 37.0 Å². The van der Waals surface area contributed by atoms with E-state index in [4.69, 9.17) is 0 Å². The molecule has 2 N–H and O–H groups in total. The fourth-order valence-corrected chi connectivity index (χ4v) is 3.39. The number of hydrogen-bond acceptors (Lipinski definition) is 3. The van der Waals surface area contributed by atoms with E-state index in [1.165, 1.54) is 0 Å². The smallest absolute Gasteiger partial charge is 0.256 e. The van der Waals surface area contributed by atoms with Gasteiger partial charge in [0.05, 0.1) is 5.56 Å². The molecule has 130 valence electrons. The molecular formula is C20H22N2O2S. The molecule has 5 heteroatoms. The van der Waals surface area contributed by atoms with Gasteiger partial charge in [-0.2, -0.15) is 0 Å². The van der Waals surface area contributed by atoms with Crippen molar-refractivity contribution < 1.29 is 9.59 Å². The topological polar surface area (TPSA) is 58.2 Å². The molecule has 0 bridgehead atoms. The summed E-state index contributed by atoms with van der Waals surface area (Å²) in [5.41, 5.74) is 2.14. The Labute approximate surface area is 152 Å². The molecule has 0 aliphatic heterocycles. The van der Waals surface area contributed by atoms with Gasteiger partial charge in [-0.3, -0.25) is 9.59 Å². The van der Waals surface area contributed by atoms with E-state index in [1.807, 2.05) is 36.4 Å². The third kappa shape index (κ3) is 4.86. The molecular weight excluding hydrogens is 332 g/mol. The molecule has 1 aliphatic carbocycles. The fraction of sp³-hybridized carbons (Fsp3) is 0.300. The molecule has 0 spiro atoms. The van der Waals surface area contributed by atoms with Crippen molar-refractivity contribution in [1.29, 1.82) is 0 Å². The quantitative estimate of drug-likeness (QED) is 0.734. The minimum atomic E-state index is -0.126. The van der Waals surface area contributed by atoms with E-state index in [9.17, 15) is 9.59 Å². The standard InChI is InChI=1S/C20H22N2O2S/c1-13(2)25-18-6-4-3-5-17(18)20(24)22-16-11-9-15(10-12-16)21-19(23)14-7-8-14/h3-6,9-14H,7-8H2,1-2H3,(H,21,23)(H,22,24). The highest BCUT2D eigenvalue weighted by Crippen LogP contribution is 2.30. The van der Waals surface area contributed by atoms with Crippen molar-refractivity contribution >= 4 is 35.0 Å². The maximum Gasteiger partial charge on any atom is 0.256 e. The molecule has 4 nitrogen and oxygen atoms in total. The molecule has 0 unspecified atom stereocenters. The Morgan fingerprint density at radius 3 is 2.16 bits per heavy atom. The number of carbonyl (C=O) groups excluding carboxylic acids is 2. The number of benzene rings is 2. The van der Waals surface area contributed by atoms with E-state index in [2.05, 4.69) is 24.5 Å². The second kappa shape index (κ2) is 7.74. The van der Waals surface area contributed by atoms with Crippen LogP contribution in [-0.4, -0.2) is 17.1 Å². The SMILES string of the molecule is CC(C)Sc1ccccc1C(=O)Nc1ccc(NC(=O)C2CC2)cc1. The Bertz CT molecular complexity index is 768. The zero-order valence-corrected chi connectivity index (χ0v) is 15.2. The number of hydrogen-bond donors (Lipinski definition) is 2. The summed E-state index contributed by atoms with van der Waals surface area (Å²) in [6.45, 7) is 4.21. The molecule has 1 fully saturated rings. The number of rotatable bonds is 6. The van der Waals surface area contributed by atoms with Gasteiger partial charge in [-0.15, -0.1) is 11.8 Å². The van der Waals surface area contributed by atoms with Gasteiger partial charge in [0.2, 0.25) is 5.91 Å². The Balaban J connectivity index is 1.65. The normalized spacial score (nSPS) is 13.6. The number of carbonyl (C=O) groups is 2. The van der Waals surface area contributed by atoms with Crippen LogP contribution in [0.4, 0.5) is 11.4 Å². The highest BCUT2D eigenvalue weighted by molar-refractivity contribution is 8.00. The summed E-state index contributed by atoms with van der Waals surface area (Å²) >= 11 is 1.67. The maximum absolute atomic E-state index is 12.6. The molecule has 0 atom stereocenters. The highest BCUT2D eigenvalue weighted by atomic mass is 32.2. The van der Waals surface area contributed by atoms with E-state index < -0.39 is 0 Å². The van der Waals surface area contributed by atoms with Crippen LogP contribution in [0, 0.1) is 5.92 Å². The number of amides is 2. The second-order valence-corrected chi connectivity index (χ2v) is 8.08. The van der Waals surface area contributed by atoms with Crippen LogP contribution < -0.4 is 10.6 Å².